The number of hydrogen-bond acceptors (Lipinski definition) is 3. The van der Waals surface area contributed by atoms with E-state index in [2.05, 4.69) is 205 Å². The molecule has 11 aromatic rings. The molecule has 0 atom stereocenters. The molecule has 0 spiro atoms. The molecule has 0 saturated heterocycles. The van der Waals surface area contributed by atoms with E-state index in [1.165, 1.54) is 60.7 Å². The van der Waals surface area contributed by atoms with Crippen molar-refractivity contribution in [3.8, 4) is 67.3 Å². The van der Waals surface area contributed by atoms with Gasteiger partial charge in [0.2, 0.25) is 0 Å². The summed E-state index contributed by atoms with van der Waals surface area (Å²) >= 11 is 0. The van der Waals surface area contributed by atoms with Crippen LogP contribution < -0.4 is 0 Å². The predicted molar refractivity (Wildman–Crippen MR) is 259 cm³/mol. The van der Waals surface area contributed by atoms with Crippen LogP contribution >= 0.6 is 0 Å². The lowest BCUT2D eigenvalue weighted by atomic mass is 9.66. The summed E-state index contributed by atoms with van der Waals surface area (Å²) in [6, 6.07) is 81.1. The van der Waals surface area contributed by atoms with E-state index in [4.69, 9.17) is 9.97 Å². The van der Waals surface area contributed by atoms with E-state index in [1.54, 1.807) is 6.20 Å². The third kappa shape index (κ3) is 6.01. The third-order valence-corrected chi connectivity index (χ3v) is 12.9. The van der Waals surface area contributed by atoms with Crippen LogP contribution in [0.4, 0.5) is 0 Å². The standard InChI is InChI=1S/C60H39N3/c1-4-17-41(18-5-1)59-62-56(44-20-14-19-42(36-44)45-21-15-35-61-39-45)38-57(63-59)52-33-32-48(50-27-12-13-28-51(50)52)43-30-34-55-54(37-43)53-31-29-40-16-10-11-26-49(40)58(53)60(55,46-22-6-2-7-23-46)47-24-8-3-9-25-47/h1-39H. The van der Waals surface area contributed by atoms with Crippen molar-refractivity contribution in [3.05, 3.63) is 259 Å². The zero-order chi connectivity index (χ0) is 41.7. The Labute approximate surface area is 366 Å². The van der Waals surface area contributed by atoms with E-state index in [-0.39, 0.29) is 0 Å². The highest BCUT2D eigenvalue weighted by molar-refractivity contribution is 6.06. The summed E-state index contributed by atoms with van der Waals surface area (Å²) in [6.07, 6.45) is 3.71. The van der Waals surface area contributed by atoms with Gasteiger partial charge in [0, 0.05) is 34.6 Å². The number of fused-ring (bicyclic) bond motifs is 6. The molecule has 2 aromatic heterocycles. The fourth-order valence-corrected chi connectivity index (χ4v) is 10.1. The van der Waals surface area contributed by atoms with Crippen LogP contribution in [0.3, 0.4) is 0 Å². The molecule has 9 aromatic carbocycles. The Balaban J connectivity index is 1.05. The maximum atomic E-state index is 5.28. The van der Waals surface area contributed by atoms with Gasteiger partial charge in [0.15, 0.2) is 5.82 Å². The summed E-state index contributed by atoms with van der Waals surface area (Å²) < 4.78 is 0. The van der Waals surface area contributed by atoms with Gasteiger partial charge in [-0.15, -0.1) is 0 Å². The van der Waals surface area contributed by atoms with Gasteiger partial charge < -0.3 is 0 Å². The molecule has 1 aliphatic rings. The molecule has 0 N–H and O–H groups in total. The maximum Gasteiger partial charge on any atom is 0.160 e. The van der Waals surface area contributed by atoms with E-state index in [9.17, 15) is 0 Å². The van der Waals surface area contributed by atoms with E-state index >= 15 is 0 Å². The Morgan fingerprint density at radius 1 is 0.333 bits per heavy atom. The summed E-state index contributed by atoms with van der Waals surface area (Å²) in [5, 5.41) is 4.83. The van der Waals surface area contributed by atoms with E-state index in [1.807, 2.05) is 30.5 Å². The average Bonchev–Trinajstić information content (AvgIpc) is 3.68. The Bertz CT molecular complexity index is 3450. The summed E-state index contributed by atoms with van der Waals surface area (Å²) in [4.78, 5) is 14.8. The van der Waals surface area contributed by atoms with Crippen molar-refractivity contribution >= 4 is 21.5 Å². The smallest absolute Gasteiger partial charge is 0.160 e. The highest BCUT2D eigenvalue weighted by atomic mass is 14.9. The second-order valence-corrected chi connectivity index (χ2v) is 16.3. The maximum absolute atomic E-state index is 5.28. The fraction of sp³-hybridized carbons (Fsp3) is 0.0167. The van der Waals surface area contributed by atoms with Crippen LogP contribution in [0.25, 0.3) is 88.8 Å². The van der Waals surface area contributed by atoms with E-state index in [0.29, 0.717) is 5.82 Å². The molecule has 12 rings (SSSR count). The first kappa shape index (κ1) is 36.6. The quantitative estimate of drug-likeness (QED) is 0.161. The molecule has 3 nitrogen and oxygen atoms in total. The van der Waals surface area contributed by atoms with Gasteiger partial charge in [0.1, 0.15) is 0 Å². The summed E-state index contributed by atoms with van der Waals surface area (Å²) in [6.45, 7) is 0. The van der Waals surface area contributed by atoms with Crippen LogP contribution in [-0.2, 0) is 5.41 Å². The first-order chi connectivity index (χ1) is 31.2. The first-order valence-corrected chi connectivity index (χ1v) is 21.5. The molecule has 2 heterocycles. The Hall–Kier alpha value is -8.27. The molecule has 0 saturated carbocycles. The normalized spacial score (nSPS) is 12.6. The van der Waals surface area contributed by atoms with Gasteiger partial charge in [-0.05, 0) is 95.9 Å². The Morgan fingerprint density at radius 3 is 1.68 bits per heavy atom. The summed E-state index contributed by atoms with van der Waals surface area (Å²) in [5.74, 6) is 0.688. The fourth-order valence-electron chi connectivity index (χ4n) is 10.1. The highest BCUT2D eigenvalue weighted by Crippen LogP contribution is 2.58. The molecule has 0 aliphatic heterocycles. The molecule has 3 heteroatoms. The number of hydrogen-bond donors (Lipinski definition) is 0. The third-order valence-electron chi connectivity index (χ3n) is 12.9. The second-order valence-electron chi connectivity index (χ2n) is 16.3. The van der Waals surface area contributed by atoms with Gasteiger partial charge in [-0.3, -0.25) is 4.98 Å². The van der Waals surface area contributed by atoms with Crippen molar-refractivity contribution in [3.63, 3.8) is 0 Å². The van der Waals surface area contributed by atoms with Crippen LogP contribution in [0, 0.1) is 0 Å². The first-order valence-electron chi connectivity index (χ1n) is 21.5. The Kier molecular flexibility index (Phi) is 8.72. The monoisotopic (exact) mass is 801 g/mol. The van der Waals surface area contributed by atoms with Crippen molar-refractivity contribution in [2.45, 2.75) is 5.41 Å². The molecule has 1 aliphatic carbocycles. The number of nitrogens with zero attached hydrogens (tertiary/aromatic N) is 3. The zero-order valence-corrected chi connectivity index (χ0v) is 34.4. The van der Waals surface area contributed by atoms with Gasteiger partial charge in [-0.1, -0.05) is 200 Å². The molecule has 294 valence electrons. The van der Waals surface area contributed by atoms with Crippen molar-refractivity contribution in [1.29, 1.82) is 0 Å². The van der Waals surface area contributed by atoms with Crippen LogP contribution in [0.2, 0.25) is 0 Å². The molecular formula is C60H39N3. The molecule has 0 unspecified atom stereocenters. The molecule has 0 amide bonds. The largest absolute Gasteiger partial charge is 0.264 e. The van der Waals surface area contributed by atoms with Crippen molar-refractivity contribution in [1.82, 2.24) is 15.0 Å². The van der Waals surface area contributed by atoms with Crippen LogP contribution in [0.1, 0.15) is 22.3 Å². The van der Waals surface area contributed by atoms with Crippen molar-refractivity contribution in [2.75, 3.05) is 0 Å². The minimum atomic E-state index is -0.503. The molecule has 0 fully saturated rings. The predicted octanol–water partition coefficient (Wildman–Crippen LogP) is 14.9. The van der Waals surface area contributed by atoms with E-state index in [0.717, 1.165) is 44.6 Å². The molecular weight excluding hydrogens is 763 g/mol. The number of pyridine rings is 1. The SMILES string of the molecule is c1ccc(-c2nc(-c3cccc(-c4cccnc4)c3)cc(-c3ccc(-c4ccc5c(c4)-c4ccc6ccccc6c4C5(c4ccccc4)c4ccccc4)c4ccccc34)n2)cc1. The highest BCUT2D eigenvalue weighted by Gasteiger charge is 2.47. The van der Waals surface area contributed by atoms with Crippen molar-refractivity contribution < 1.29 is 0 Å². The lowest BCUT2D eigenvalue weighted by molar-refractivity contribution is 0.775. The van der Waals surface area contributed by atoms with Gasteiger partial charge in [-0.2, -0.15) is 0 Å². The Morgan fingerprint density at radius 2 is 0.937 bits per heavy atom. The van der Waals surface area contributed by atoms with Gasteiger partial charge in [0.25, 0.3) is 0 Å². The minimum Gasteiger partial charge on any atom is -0.264 e. The second kappa shape index (κ2) is 15.0. The number of aromatic nitrogens is 3. The van der Waals surface area contributed by atoms with Crippen LogP contribution in [0.15, 0.2) is 237 Å². The van der Waals surface area contributed by atoms with Gasteiger partial charge >= 0.3 is 0 Å². The lowest BCUT2D eigenvalue weighted by Gasteiger charge is -2.34. The number of rotatable bonds is 7. The average molecular weight is 802 g/mol. The summed E-state index contributed by atoms with van der Waals surface area (Å²) in [5.41, 5.74) is 16.5. The number of benzene rings is 9. The van der Waals surface area contributed by atoms with Crippen molar-refractivity contribution in [2.24, 2.45) is 0 Å². The van der Waals surface area contributed by atoms with Crippen LogP contribution in [0.5, 0.6) is 0 Å². The molecule has 0 radical (unpaired) electrons. The lowest BCUT2D eigenvalue weighted by Crippen LogP contribution is -2.28. The topological polar surface area (TPSA) is 38.7 Å². The molecule has 63 heavy (non-hydrogen) atoms. The minimum absolute atomic E-state index is 0.503. The summed E-state index contributed by atoms with van der Waals surface area (Å²) in [7, 11) is 0. The molecule has 0 bridgehead atoms. The van der Waals surface area contributed by atoms with Gasteiger partial charge in [-0.25, -0.2) is 9.97 Å². The van der Waals surface area contributed by atoms with E-state index < -0.39 is 5.41 Å². The zero-order valence-electron chi connectivity index (χ0n) is 34.4. The van der Waals surface area contributed by atoms with Crippen LogP contribution in [-0.4, -0.2) is 15.0 Å². The van der Waals surface area contributed by atoms with Gasteiger partial charge in [0.05, 0.1) is 16.8 Å².